The predicted octanol–water partition coefficient (Wildman–Crippen LogP) is 4.16. The number of alkyl halides is 3. The van der Waals surface area contributed by atoms with Crippen LogP contribution in [-0.2, 0) is 14.3 Å². The van der Waals surface area contributed by atoms with Crippen LogP contribution >= 0.6 is 0 Å². The molecule has 0 saturated heterocycles. The summed E-state index contributed by atoms with van der Waals surface area (Å²) in [6.07, 6.45) is -8.98. The molecule has 0 fully saturated rings. The zero-order valence-electron chi connectivity index (χ0n) is 17.4. The molecular formula is C23H24F3NO5. The fraction of sp³-hybridized carbons (Fsp3) is 0.391. The number of halogens is 3. The second-order valence-electron chi connectivity index (χ2n) is 7.53. The highest BCUT2D eigenvalue weighted by Crippen LogP contribution is 2.44. The van der Waals surface area contributed by atoms with E-state index in [9.17, 15) is 22.8 Å². The summed E-state index contributed by atoms with van der Waals surface area (Å²) < 4.78 is 47.3. The lowest BCUT2D eigenvalue weighted by molar-refractivity contribution is -0.205. The maximum Gasteiger partial charge on any atom is 0.414 e. The average Bonchev–Trinajstić information content (AvgIpc) is 3.09. The van der Waals surface area contributed by atoms with Gasteiger partial charge in [0.1, 0.15) is 18.8 Å². The van der Waals surface area contributed by atoms with E-state index in [-0.39, 0.29) is 25.4 Å². The van der Waals surface area contributed by atoms with Crippen molar-refractivity contribution in [3.8, 4) is 11.1 Å². The van der Waals surface area contributed by atoms with Gasteiger partial charge in [0.25, 0.3) is 0 Å². The number of aliphatic hydroxyl groups excluding tert-OH is 1. The minimum atomic E-state index is -4.74. The smallest absolute Gasteiger partial charge is 0.414 e. The number of amides is 1. The first-order valence-electron chi connectivity index (χ1n) is 10.2. The van der Waals surface area contributed by atoms with E-state index in [1.54, 1.807) is 0 Å². The van der Waals surface area contributed by atoms with Crippen LogP contribution in [0.2, 0.25) is 0 Å². The van der Waals surface area contributed by atoms with E-state index >= 15 is 0 Å². The fourth-order valence-corrected chi connectivity index (χ4v) is 3.85. The quantitative estimate of drug-likeness (QED) is 0.589. The number of rotatable bonds is 8. The highest BCUT2D eigenvalue weighted by molar-refractivity contribution is 5.82. The lowest BCUT2D eigenvalue weighted by atomic mass is 9.98. The number of ether oxygens (including phenoxy) is 2. The lowest BCUT2D eigenvalue weighted by Crippen LogP contribution is -2.42. The van der Waals surface area contributed by atoms with Gasteiger partial charge in [-0.3, -0.25) is 0 Å². The third-order valence-corrected chi connectivity index (χ3v) is 5.47. The van der Waals surface area contributed by atoms with Gasteiger partial charge >= 0.3 is 18.2 Å². The molecule has 0 spiro atoms. The van der Waals surface area contributed by atoms with E-state index in [4.69, 9.17) is 9.84 Å². The minimum Gasteiger partial charge on any atom is -0.467 e. The zero-order valence-corrected chi connectivity index (χ0v) is 17.4. The maximum atomic E-state index is 12.4. The van der Waals surface area contributed by atoms with Gasteiger partial charge in [0, 0.05) is 5.92 Å². The van der Waals surface area contributed by atoms with E-state index < -0.39 is 36.8 Å². The fourth-order valence-electron chi connectivity index (χ4n) is 3.85. The summed E-state index contributed by atoms with van der Waals surface area (Å²) in [5, 5.41) is 11.4. The normalized spacial score (nSPS) is 14.8. The molecule has 0 saturated carbocycles. The topological polar surface area (TPSA) is 84.9 Å². The minimum absolute atomic E-state index is 0.0283. The van der Waals surface area contributed by atoms with Crippen LogP contribution in [0.3, 0.4) is 0 Å². The molecule has 2 atom stereocenters. The van der Waals surface area contributed by atoms with Crippen molar-refractivity contribution in [1.82, 2.24) is 5.32 Å². The summed E-state index contributed by atoms with van der Waals surface area (Å²) in [4.78, 5) is 24.3. The molecule has 0 bridgehead atoms. The van der Waals surface area contributed by atoms with Crippen molar-refractivity contribution in [3.05, 3.63) is 59.7 Å². The molecular weight excluding hydrogens is 427 g/mol. The molecule has 1 aliphatic carbocycles. The lowest BCUT2D eigenvalue weighted by Gasteiger charge is -2.19. The zero-order chi connectivity index (χ0) is 23.3. The van der Waals surface area contributed by atoms with Gasteiger partial charge in [0.2, 0.25) is 0 Å². The monoisotopic (exact) mass is 451 g/mol. The van der Waals surface area contributed by atoms with E-state index in [2.05, 4.69) is 10.1 Å². The number of benzene rings is 2. The van der Waals surface area contributed by atoms with Crippen LogP contribution in [0.4, 0.5) is 18.0 Å². The maximum absolute atomic E-state index is 12.4. The Balaban J connectivity index is 1.59. The Kier molecular flexibility index (Phi) is 7.40. The number of methoxy groups -OCH3 is 1. The molecule has 2 aromatic rings. The van der Waals surface area contributed by atoms with Crippen molar-refractivity contribution in [2.45, 2.75) is 43.5 Å². The molecule has 2 aromatic carbocycles. The second-order valence-corrected chi connectivity index (χ2v) is 7.53. The number of nitrogens with one attached hydrogen (secondary N) is 1. The number of carbonyl (C=O) groups is 2. The Hall–Kier alpha value is -3.07. The third-order valence-electron chi connectivity index (χ3n) is 5.47. The number of hydrogen-bond donors (Lipinski definition) is 2. The number of aliphatic hydroxyl groups is 1. The standard InChI is InChI=1S/C23H24F3NO5/c1-31-21(29)19(11-6-12-20(28)23(24,25)26)27-22(30)32-13-18-16-9-4-2-7-14(16)15-8-3-5-10-17(15)18/h2-5,7-10,18-20,28H,6,11-13H2,1H3,(H,27,30)/t19-,20?/m0/s1. The Morgan fingerprint density at radius 3 is 2.12 bits per heavy atom. The van der Waals surface area contributed by atoms with E-state index in [1.165, 1.54) is 0 Å². The first-order chi connectivity index (χ1) is 15.2. The van der Waals surface area contributed by atoms with Crippen LogP contribution in [0.15, 0.2) is 48.5 Å². The van der Waals surface area contributed by atoms with Gasteiger partial charge in [-0.1, -0.05) is 48.5 Å². The first kappa shape index (κ1) is 23.6. The van der Waals surface area contributed by atoms with Crippen molar-refractivity contribution in [3.63, 3.8) is 0 Å². The number of hydrogen-bond acceptors (Lipinski definition) is 5. The summed E-state index contributed by atoms with van der Waals surface area (Å²) in [6.45, 7) is 0.0283. The molecule has 9 heteroatoms. The van der Waals surface area contributed by atoms with Crippen LogP contribution in [-0.4, -0.2) is 49.2 Å². The van der Waals surface area contributed by atoms with Gasteiger partial charge in [0.15, 0.2) is 0 Å². The van der Waals surface area contributed by atoms with Crippen molar-refractivity contribution in [1.29, 1.82) is 0 Å². The van der Waals surface area contributed by atoms with Crippen LogP contribution < -0.4 is 5.32 Å². The molecule has 3 rings (SSSR count). The molecule has 0 heterocycles. The van der Waals surface area contributed by atoms with Gasteiger partial charge in [0.05, 0.1) is 7.11 Å². The van der Waals surface area contributed by atoms with Gasteiger partial charge in [-0.15, -0.1) is 0 Å². The summed E-state index contributed by atoms with van der Waals surface area (Å²) in [5.74, 6) is -0.980. The molecule has 6 nitrogen and oxygen atoms in total. The van der Waals surface area contributed by atoms with Crippen molar-refractivity contribution >= 4 is 12.1 Å². The SMILES string of the molecule is COC(=O)[C@H](CCCC(O)C(F)(F)F)NC(=O)OCC1c2ccccc2-c2ccccc21. The summed E-state index contributed by atoms with van der Waals surface area (Å²) >= 11 is 0. The highest BCUT2D eigenvalue weighted by Gasteiger charge is 2.38. The van der Waals surface area contributed by atoms with Crippen LogP contribution in [0, 0.1) is 0 Å². The molecule has 1 unspecified atom stereocenters. The highest BCUT2D eigenvalue weighted by atomic mass is 19.4. The first-order valence-corrected chi connectivity index (χ1v) is 10.2. The molecule has 0 radical (unpaired) electrons. The van der Waals surface area contributed by atoms with Gasteiger partial charge in [-0.2, -0.15) is 13.2 Å². The van der Waals surface area contributed by atoms with E-state index in [0.717, 1.165) is 29.4 Å². The van der Waals surface area contributed by atoms with Crippen molar-refractivity contribution in [2.24, 2.45) is 0 Å². The van der Waals surface area contributed by atoms with Crippen molar-refractivity contribution < 1.29 is 37.3 Å². The number of esters is 1. The van der Waals surface area contributed by atoms with Crippen molar-refractivity contribution in [2.75, 3.05) is 13.7 Å². The van der Waals surface area contributed by atoms with Gasteiger partial charge in [-0.25, -0.2) is 9.59 Å². The second kappa shape index (κ2) is 10.0. The van der Waals surface area contributed by atoms with E-state index in [0.29, 0.717) is 0 Å². The molecule has 172 valence electrons. The summed E-state index contributed by atoms with van der Waals surface area (Å²) in [7, 11) is 1.11. The van der Waals surface area contributed by atoms with Crippen LogP contribution in [0.5, 0.6) is 0 Å². The summed E-state index contributed by atoms with van der Waals surface area (Å²) in [6, 6.07) is 14.4. The summed E-state index contributed by atoms with van der Waals surface area (Å²) in [5.41, 5.74) is 4.17. The molecule has 0 aliphatic heterocycles. The molecule has 1 amide bonds. The molecule has 32 heavy (non-hydrogen) atoms. The third kappa shape index (κ3) is 5.40. The Morgan fingerprint density at radius 2 is 1.59 bits per heavy atom. The van der Waals surface area contributed by atoms with Crippen LogP contribution in [0.25, 0.3) is 11.1 Å². The van der Waals surface area contributed by atoms with Gasteiger partial charge < -0.3 is 19.9 Å². The van der Waals surface area contributed by atoms with Gasteiger partial charge in [-0.05, 0) is 41.5 Å². The largest absolute Gasteiger partial charge is 0.467 e. The Labute approximate surface area is 183 Å². The Morgan fingerprint density at radius 1 is 1.03 bits per heavy atom. The molecule has 2 N–H and O–H groups in total. The van der Waals surface area contributed by atoms with E-state index in [1.807, 2.05) is 48.5 Å². The number of carbonyl (C=O) groups excluding carboxylic acids is 2. The number of fused-ring (bicyclic) bond motifs is 3. The number of alkyl carbamates (subject to hydrolysis) is 1. The Bertz CT molecular complexity index is 917. The molecule has 1 aliphatic rings. The predicted molar refractivity (Wildman–Crippen MR) is 110 cm³/mol. The molecule has 0 aromatic heterocycles. The average molecular weight is 451 g/mol. The van der Waals surface area contributed by atoms with Crippen LogP contribution in [0.1, 0.15) is 36.3 Å².